The van der Waals surface area contributed by atoms with E-state index in [1.165, 1.54) is 6.66 Å². The van der Waals surface area contributed by atoms with Crippen LogP contribution in [0.5, 0.6) is 0 Å². The summed E-state index contributed by atoms with van der Waals surface area (Å²) < 4.78 is 10.9. The van der Waals surface area contributed by atoms with Crippen LogP contribution in [0.1, 0.15) is 26.7 Å². The smallest absolute Gasteiger partial charge is 0.197 e. The maximum absolute atomic E-state index is 10.9. The van der Waals surface area contributed by atoms with Gasteiger partial charge in [0.05, 0.1) is 0 Å². The van der Waals surface area contributed by atoms with E-state index in [4.69, 9.17) is 4.89 Å². The fourth-order valence-corrected chi connectivity index (χ4v) is 2.50. The summed E-state index contributed by atoms with van der Waals surface area (Å²) in [6, 6.07) is 0. The zero-order chi connectivity index (χ0) is 8.20. The first-order valence-corrected chi connectivity index (χ1v) is 6.04. The molecule has 0 saturated heterocycles. The molecule has 0 aliphatic carbocycles. The normalized spacial score (nSPS) is 20.0. The number of hydrogen-bond donors (Lipinski definition) is 1. The van der Waals surface area contributed by atoms with Crippen molar-refractivity contribution in [3.05, 3.63) is 0 Å². The molecule has 0 rings (SSSR count). The van der Waals surface area contributed by atoms with E-state index in [-0.39, 0.29) is 0 Å². The van der Waals surface area contributed by atoms with E-state index in [2.05, 4.69) is 6.92 Å². The van der Waals surface area contributed by atoms with Crippen molar-refractivity contribution in [1.29, 1.82) is 0 Å². The Hall–Kier alpha value is 0.190. The van der Waals surface area contributed by atoms with Crippen LogP contribution in [0.3, 0.4) is 0 Å². The fourth-order valence-electron chi connectivity index (χ4n) is 1.16. The molecule has 0 heterocycles. The summed E-state index contributed by atoms with van der Waals surface area (Å²) >= 11 is 0. The molecule has 0 amide bonds. The third kappa shape index (κ3) is 6.31. The average molecular weight is 164 g/mol. The van der Waals surface area contributed by atoms with Gasteiger partial charge < -0.3 is 4.89 Å². The van der Waals surface area contributed by atoms with Crippen molar-refractivity contribution in [2.45, 2.75) is 26.7 Å². The predicted octanol–water partition coefficient (Wildman–Crippen LogP) is 2.32. The van der Waals surface area contributed by atoms with Gasteiger partial charge in [-0.05, 0) is 5.92 Å². The first kappa shape index (κ1) is 10.2. The van der Waals surface area contributed by atoms with Crippen LogP contribution in [0.25, 0.3) is 0 Å². The molecular weight excluding hydrogens is 147 g/mol. The van der Waals surface area contributed by atoms with Crippen molar-refractivity contribution < 1.29 is 9.46 Å². The Morgan fingerprint density at radius 1 is 1.60 bits per heavy atom. The van der Waals surface area contributed by atoms with Crippen LogP contribution in [0.15, 0.2) is 0 Å². The van der Waals surface area contributed by atoms with Gasteiger partial charge in [-0.1, -0.05) is 26.7 Å². The SMILES string of the molecule is CCCC(C)CP(C)(=O)O. The minimum Gasteiger partial charge on any atom is -0.344 e. The Morgan fingerprint density at radius 2 is 2.10 bits per heavy atom. The van der Waals surface area contributed by atoms with Crippen LogP contribution in [0, 0.1) is 5.92 Å². The van der Waals surface area contributed by atoms with Crippen LogP contribution >= 0.6 is 7.37 Å². The highest BCUT2D eigenvalue weighted by atomic mass is 31.2. The topological polar surface area (TPSA) is 37.3 Å². The quantitative estimate of drug-likeness (QED) is 0.647. The largest absolute Gasteiger partial charge is 0.344 e. The molecule has 0 aromatic heterocycles. The van der Waals surface area contributed by atoms with E-state index >= 15 is 0 Å². The molecule has 0 spiro atoms. The van der Waals surface area contributed by atoms with Gasteiger partial charge in [0, 0.05) is 12.8 Å². The van der Waals surface area contributed by atoms with Gasteiger partial charge in [-0.2, -0.15) is 0 Å². The molecule has 0 saturated carbocycles. The van der Waals surface area contributed by atoms with Gasteiger partial charge in [0.25, 0.3) is 0 Å². The molecule has 2 unspecified atom stereocenters. The molecule has 0 aromatic carbocycles. The van der Waals surface area contributed by atoms with Gasteiger partial charge >= 0.3 is 0 Å². The molecule has 0 aliphatic heterocycles. The van der Waals surface area contributed by atoms with Gasteiger partial charge in [0.1, 0.15) is 0 Å². The number of hydrogen-bond acceptors (Lipinski definition) is 1. The Balaban J connectivity index is 3.58. The molecule has 1 N–H and O–H groups in total. The fraction of sp³-hybridized carbons (Fsp3) is 1.00. The van der Waals surface area contributed by atoms with Gasteiger partial charge in [-0.25, -0.2) is 0 Å². The van der Waals surface area contributed by atoms with Crippen LogP contribution in [0.2, 0.25) is 0 Å². The summed E-state index contributed by atoms with van der Waals surface area (Å²) in [6.45, 7) is 5.55. The first-order chi connectivity index (χ1) is 4.45. The van der Waals surface area contributed by atoms with E-state index in [1.807, 2.05) is 6.92 Å². The Morgan fingerprint density at radius 3 is 2.40 bits per heavy atom. The summed E-state index contributed by atoms with van der Waals surface area (Å²) in [5, 5.41) is 0. The summed E-state index contributed by atoms with van der Waals surface area (Å²) in [4.78, 5) is 8.97. The lowest BCUT2D eigenvalue weighted by Crippen LogP contribution is -2.00. The maximum atomic E-state index is 10.9. The second-order valence-corrected chi connectivity index (χ2v) is 5.59. The monoisotopic (exact) mass is 164 g/mol. The molecule has 0 aromatic rings. The van der Waals surface area contributed by atoms with E-state index in [0.717, 1.165) is 12.8 Å². The van der Waals surface area contributed by atoms with Crippen molar-refractivity contribution >= 4 is 7.37 Å². The lowest BCUT2D eigenvalue weighted by Gasteiger charge is -2.11. The highest BCUT2D eigenvalue weighted by molar-refractivity contribution is 7.57. The van der Waals surface area contributed by atoms with Crippen LogP contribution in [0.4, 0.5) is 0 Å². The molecule has 2 atom stereocenters. The first-order valence-electron chi connectivity index (χ1n) is 3.75. The third-order valence-corrected chi connectivity index (χ3v) is 2.73. The molecule has 0 aliphatic rings. The molecule has 2 nitrogen and oxygen atoms in total. The molecular formula is C7H17O2P. The van der Waals surface area contributed by atoms with Crippen molar-refractivity contribution in [1.82, 2.24) is 0 Å². The molecule has 62 valence electrons. The highest BCUT2D eigenvalue weighted by Gasteiger charge is 2.13. The highest BCUT2D eigenvalue weighted by Crippen LogP contribution is 2.38. The van der Waals surface area contributed by atoms with Crippen LogP contribution in [-0.2, 0) is 4.57 Å². The Labute approximate surface area is 63.1 Å². The summed E-state index contributed by atoms with van der Waals surface area (Å²) in [5.74, 6) is 0.394. The van der Waals surface area contributed by atoms with E-state index in [1.54, 1.807) is 0 Å². The summed E-state index contributed by atoms with van der Waals surface area (Å²) in [5.41, 5.74) is 0. The lowest BCUT2D eigenvalue weighted by atomic mass is 10.1. The molecule has 3 heteroatoms. The molecule has 0 bridgehead atoms. The third-order valence-electron chi connectivity index (χ3n) is 1.43. The summed E-state index contributed by atoms with van der Waals surface area (Å²) in [7, 11) is -2.75. The van der Waals surface area contributed by atoms with Crippen molar-refractivity contribution in [2.75, 3.05) is 12.8 Å². The Kier molecular flexibility index (Phi) is 4.23. The van der Waals surface area contributed by atoms with Crippen LogP contribution < -0.4 is 0 Å². The lowest BCUT2D eigenvalue weighted by molar-refractivity contribution is 0.464. The zero-order valence-corrected chi connectivity index (χ0v) is 7.90. The van der Waals surface area contributed by atoms with Crippen molar-refractivity contribution in [3.8, 4) is 0 Å². The molecule has 10 heavy (non-hydrogen) atoms. The van der Waals surface area contributed by atoms with Crippen molar-refractivity contribution in [2.24, 2.45) is 5.92 Å². The minimum atomic E-state index is -2.75. The minimum absolute atomic E-state index is 0.394. The van der Waals surface area contributed by atoms with Gasteiger partial charge in [0.15, 0.2) is 7.37 Å². The van der Waals surface area contributed by atoms with E-state index in [9.17, 15) is 4.57 Å². The van der Waals surface area contributed by atoms with E-state index < -0.39 is 7.37 Å². The van der Waals surface area contributed by atoms with Gasteiger partial charge in [0.2, 0.25) is 0 Å². The zero-order valence-electron chi connectivity index (χ0n) is 7.00. The van der Waals surface area contributed by atoms with Crippen molar-refractivity contribution in [3.63, 3.8) is 0 Å². The molecule has 0 fully saturated rings. The summed E-state index contributed by atoms with van der Waals surface area (Å²) in [6.07, 6.45) is 2.63. The van der Waals surface area contributed by atoms with E-state index in [0.29, 0.717) is 12.1 Å². The Bertz CT molecular complexity index is 128. The second kappa shape index (κ2) is 4.15. The second-order valence-electron chi connectivity index (χ2n) is 3.13. The average Bonchev–Trinajstić information content (AvgIpc) is 1.59. The predicted molar refractivity (Wildman–Crippen MR) is 44.7 cm³/mol. The van der Waals surface area contributed by atoms with Gasteiger partial charge in [-0.3, -0.25) is 4.57 Å². The number of rotatable bonds is 4. The van der Waals surface area contributed by atoms with Gasteiger partial charge in [-0.15, -0.1) is 0 Å². The standard InChI is InChI=1S/C7H17O2P/c1-4-5-7(2)6-10(3,8)9/h7H,4-6H2,1-3H3,(H,8,9). The maximum Gasteiger partial charge on any atom is 0.197 e. The molecule has 0 radical (unpaired) electrons. The van der Waals surface area contributed by atoms with Crippen LogP contribution in [-0.4, -0.2) is 17.7 Å².